The summed E-state index contributed by atoms with van der Waals surface area (Å²) in [6, 6.07) is 0. The molecule has 48 valence electrons. The molecule has 1 aliphatic rings. The zero-order valence-electron chi connectivity index (χ0n) is 5.06. The monoisotopic (exact) mass is 115 g/mol. The van der Waals surface area contributed by atoms with Crippen LogP contribution in [0.2, 0.25) is 0 Å². The standard InChI is InChI=1S/C6H13NO/c8-7-5-4-6-2-1-3-6/h6-8H,1-5H2. The molecule has 2 nitrogen and oxygen atoms in total. The van der Waals surface area contributed by atoms with Crippen molar-refractivity contribution in [3.63, 3.8) is 0 Å². The van der Waals surface area contributed by atoms with Gasteiger partial charge in [-0.1, -0.05) is 19.3 Å². The molecule has 0 unspecified atom stereocenters. The summed E-state index contributed by atoms with van der Waals surface area (Å²) in [6.45, 7) is 0.769. The van der Waals surface area contributed by atoms with Gasteiger partial charge in [-0.2, -0.15) is 0 Å². The van der Waals surface area contributed by atoms with Gasteiger partial charge >= 0.3 is 0 Å². The third-order valence-electron chi connectivity index (χ3n) is 1.89. The zero-order valence-corrected chi connectivity index (χ0v) is 5.06. The van der Waals surface area contributed by atoms with Crippen LogP contribution in [-0.4, -0.2) is 11.8 Å². The van der Waals surface area contributed by atoms with Crippen molar-refractivity contribution in [1.82, 2.24) is 5.48 Å². The molecule has 1 saturated carbocycles. The Balaban J connectivity index is 1.86. The summed E-state index contributed by atoms with van der Waals surface area (Å²) >= 11 is 0. The van der Waals surface area contributed by atoms with Gasteiger partial charge in [0.2, 0.25) is 0 Å². The highest BCUT2D eigenvalue weighted by Crippen LogP contribution is 2.28. The average molecular weight is 115 g/mol. The first-order chi connectivity index (χ1) is 3.93. The van der Waals surface area contributed by atoms with Crippen LogP contribution < -0.4 is 5.48 Å². The van der Waals surface area contributed by atoms with E-state index in [0.29, 0.717) is 0 Å². The number of rotatable bonds is 3. The molecule has 2 heteroatoms. The van der Waals surface area contributed by atoms with Gasteiger partial charge in [-0.3, -0.25) is 0 Å². The van der Waals surface area contributed by atoms with Crippen LogP contribution in [0.25, 0.3) is 0 Å². The van der Waals surface area contributed by atoms with Crippen molar-refractivity contribution < 1.29 is 5.21 Å². The normalized spacial score (nSPS) is 20.6. The second kappa shape index (κ2) is 3.05. The fraction of sp³-hybridized carbons (Fsp3) is 1.00. The lowest BCUT2D eigenvalue weighted by Crippen LogP contribution is -2.18. The van der Waals surface area contributed by atoms with E-state index in [2.05, 4.69) is 5.48 Å². The van der Waals surface area contributed by atoms with E-state index >= 15 is 0 Å². The van der Waals surface area contributed by atoms with Gasteiger partial charge in [0.05, 0.1) is 0 Å². The third-order valence-corrected chi connectivity index (χ3v) is 1.89. The summed E-state index contributed by atoms with van der Waals surface area (Å²) in [5.41, 5.74) is 2.17. The Bertz CT molecular complexity index is 61.5. The highest BCUT2D eigenvalue weighted by Gasteiger charge is 2.15. The minimum absolute atomic E-state index is 0.769. The molecular weight excluding hydrogens is 102 g/mol. The van der Waals surface area contributed by atoms with Crippen molar-refractivity contribution in [2.75, 3.05) is 6.54 Å². The van der Waals surface area contributed by atoms with Crippen LogP contribution in [-0.2, 0) is 0 Å². The molecule has 0 bridgehead atoms. The van der Waals surface area contributed by atoms with Gasteiger partial charge in [0, 0.05) is 6.54 Å². The van der Waals surface area contributed by atoms with Gasteiger partial charge in [-0.05, 0) is 12.3 Å². The second-order valence-corrected chi connectivity index (χ2v) is 2.49. The van der Waals surface area contributed by atoms with Crippen molar-refractivity contribution in [2.24, 2.45) is 5.92 Å². The molecule has 1 aliphatic carbocycles. The largest absolute Gasteiger partial charge is 0.317 e. The minimum atomic E-state index is 0.769. The van der Waals surface area contributed by atoms with Crippen molar-refractivity contribution >= 4 is 0 Å². The first-order valence-corrected chi connectivity index (χ1v) is 3.30. The fourth-order valence-corrected chi connectivity index (χ4v) is 1.05. The molecule has 1 fully saturated rings. The predicted molar refractivity (Wildman–Crippen MR) is 31.7 cm³/mol. The number of hydroxylamine groups is 1. The molecule has 0 heterocycles. The van der Waals surface area contributed by atoms with Crippen LogP contribution in [0.4, 0.5) is 0 Å². The SMILES string of the molecule is ONCCC1CCC1. The summed E-state index contributed by atoms with van der Waals surface area (Å²) < 4.78 is 0. The highest BCUT2D eigenvalue weighted by molar-refractivity contribution is 4.69. The van der Waals surface area contributed by atoms with Crippen molar-refractivity contribution in [3.05, 3.63) is 0 Å². The molecule has 0 aromatic carbocycles. The Morgan fingerprint density at radius 2 is 2.25 bits per heavy atom. The molecule has 2 N–H and O–H groups in total. The van der Waals surface area contributed by atoms with Crippen molar-refractivity contribution in [3.8, 4) is 0 Å². The van der Waals surface area contributed by atoms with Gasteiger partial charge in [-0.25, -0.2) is 5.48 Å². The van der Waals surface area contributed by atoms with Gasteiger partial charge in [0.15, 0.2) is 0 Å². The first-order valence-electron chi connectivity index (χ1n) is 3.30. The van der Waals surface area contributed by atoms with Crippen LogP contribution >= 0.6 is 0 Å². The first kappa shape index (κ1) is 6.05. The van der Waals surface area contributed by atoms with Crippen LogP contribution in [0.1, 0.15) is 25.7 Å². The lowest BCUT2D eigenvalue weighted by atomic mass is 9.83. The summed E-state index contributed by atoms with van der Waals surface area (Å²) in [4.78, 5) is 0. The molecule has 0 amide bonds. The quantitative estimate of drug-likeness (QED) is 0.541. The zero-order chi connectivity index (χ0) is 5.82. The van der Waals surface area contributed by atoms with E-state index in [1.165, 1.54) is 19.3 Å². The summed E-state index contributed by atoms with van der Waals surface area (Å²) in [5, 5.41) is 8.18. The molecule has 8 heavy (non-hydrogen) atoms. The topological polar surface area (TPSA) is 32.3 Å². The van der Waals surface area contributed by atoms with Crippen molar-refractivity contribution in [1.29, 1.82) is 0 Å². The molecule has 0 atom stereocenters. The van der Waals surface area contributed by atoms with Crippen LogP contribution in [0.15, 0.2) is 0 Å². The van der Waals surface area contributed by atoms with Crippen molar-refractivity contribution in [2.45, 2.75) is 25.7 Å². The van der Waals surface area contributed by atoms with Gasteiger partial charge in [0.1, 0.15) is 0 Å². The summed E-state index contributed by atoms with van der Waals surface area (Å²) in [6.07, 6.45) is 5.30. The van der Waals surface area contributed by atoms with E-state index in [1.807, 2.05) is 0 Å². The molecule has 0 aromatic rings. The van der Waals surface area contributed by atoms with Gasteiger partial charge in [0.25, 0.3) is 0 Å². The second-order valence-electron chi connectivity index (χ2n) is 2.49. The Labute approximate surface area is 49.9 Å². The maximum Gasteiger partial charge on any atom is 0.0210 e. The lowest BCUT2D eigenvalue weighted by Gasteiger charge is -2.24. The maximum absolute atomic E-state index is 8.18. The average Bonchev–Trinajstić information content (AvgIpc) is 1.63. The van der Waals surface area contributed by atoms with E-state index in [4.69, 9.17) is 5.21 Å². The smallest absolute Gasteiger partial charge is 0.0210 e. The molecule has 1 rings (SSSR count). The Morgan fingerprint density at radius 3 is 2.62 bits per heavy atom. The number of hydrogen-bond acceptors (Lipinski definition) is 2. The fourth-order valence-electron chi connectivity index (χ4n) is 1.05. The van der Waals surface area contributed by atoms with Crippen LogP contribution in [0.3, 0.4) is 0 Å². The minimum Gasteiger partial charge on any atom is -0.317 e. The molecule has 0 radical (unpaired) electrons. The molecule has 0 aromatic heterocycles. The van der Waals surface area contributed by atoms with Gasteiger partial charge in [-0.15, -0.1) is 0 Å². The highest BCUT2D eigenvalue weighted by atomic mass is 16.5. The van der Waals surface area contributed by atoms with E-state index in [9.17, 15) is 0 Å². The Hall–Kier alpha value is -0.0800. The maximum atomic E-state index is 8.18. The molecule has 0 aliphatic heterocycles. The Kier molecular flexibility index (Phi) is 2.30. The molecule has 0 spiro atoms. The van der Waals surface area contributed by atoms with Crippen LogP contribution in [0.5, 0.6) is 0 Å². The summed E-state index contributed by atoms with van der Waals surface area (Å²) in [5.74, 6) is 0.912. The van der Waals surface area contributed by atoms with E-state index in [1.54, 1.807) is 0 Å². The lowest BCUT2D eigenvalue weighted by molar-refractivity contribution is 0.149. The molecular formula is C6H13NO. The third kappa shape index (κ3) is 1.46. The summed E-state index contributed by atoms with van der Waals surface area (Å²) in [7, 11) is 0. The van der Waals surface area contributed by atoms with E-state index in [-0.39, 0.29) is 0 Å². The van der Waals surface area contributed by atoms with Crippen LogP contribution in [0, 0.1) is 5.92 Å². The van der Waals surface area contributed by atoms with E-state index < -0.39 is 0 Å². The molecule has 0 saturated heterocycles. The number of hydrogen-bond donors (Lipinski definition) is 2. The predicted octanol–water partition coefficient (Wildman–Crippen LogP) is 1.16. The van der Waals surface area contributed by atoms with Gasteiger partial charge < -0.3 is 5.21 Å². The number of nitrogens with one attached hydrogen (secondary N) is 1. The van der Waals surface area contributed by atoms with E-state index in [0.717, 1.165) is 18.9 Å². The Morgan fingerprint density at radius 1 is 1.50 bits per heavy atom.